The van der Waals surface area contributed by atoms with E-state index in [1.807, 2.05) is 36.4 Å². The lowest BCUT2D eigenvalue weighted by molar-refractivity contribution is 0.691. The van der Waals surface area contributed by atoms with Gasteiger partial charge in [-0.1, -0.05) is 65.8 Å². The first-order valence-electron chi connectivity index (χ1n) is 5.42. The average molecular weight is 234 g/mol. The van der Waals surface area contributed by atoms with Gasteiger partial charge in [-0.05, 0) is 16.7 Å². The van der Waals surface area contributed by atoms with Crippen LogP contribution in [0.2, 0.25) is 0 Å². The minimum atomic E-state index is -1.31. The second kappa shape index (κ2) is 5.05. The van der Waals surface area contributed by atoms with Crippen molar-refractivity contribution in [2.24, 2.45) is 5.11 Å². The zero-order valence-electron chi connectivity index (χ0n) is 9.56. The molecule has 0 radical (unpaired) electrons. The standard InChI is InChI=1S/C14H10N4/c15-11-14(17-18-16,12-7-3-1-4-8-12)13-9-5-2-6-10-13/h1-10H. The van der Waals surface area contributed by atoms with E-state index in [2.05, 4.69) is 16.1 Å². The van der Waals surface area contributed by atoms with Crippen LogP contribution in [0.5, 0.6) is 0 Å². The van der Waals surface area contributed by atoms with Crippen LogP contribution in [0.25, 0.3) is 10.4 Å². The quantitative estimate of drug-likeness (QED) is 0.452. The summed E-state index contributed by atoms with van der Waals surface area (Å²) in [5.74, 6) is 0. The van der Waals surface area contributed by atoms with Crippen molar-refractivity contribution in [3.63, 3.8) is 0 Å². The first-order chi connectivity index (χ1) is 8.83. The smallest absolute Gasteiger partial charge is 0.185 e. The van der Waals surface area contributed by atoms with Crippen molar-refractivity contribution in [2.75, 3.05) is 0 Å². The van der Waals surface area contributed by atoms with Gasteiger partial charge >= 0.3 is 0 Å². The summed E-state index contributed by atoms with van der Waals surface area (Å²) < 4.78 is 0. The molecule has 2 rings (SSSR count). The van der Waals surface area contributed by atoms with Crippen LogP contribution in [-0.4, -0.2) is 0 Å². The highest BCUT2D eigenvalue weighted by Gasteiger charge is 2.33. The van der Waals surface area contributed by atoms with E-state index in [-0.39, 0.29) is 0 Å². The third-order valence-corrected chi connectivity index (χ3v) is 2.74. The number of hydrogen-bond acceptors (Lipinski definition) is 2. The second-order valence-electron chi connectivity index (χ2n) is 3.74. The van der Waals surface area contributed by atoms with Crippen molar-refractivity contribution in [1.82, 2.24) is 0 Å². The lowest BCUT2D eigenvalue weighted by atomic mass is 9.85. The SMILES string of the molecule is N#CC(N=[N+]=[N-])(c1ccccc1)c1ccccc1. The molecular weight excluding hydrogens is 224 g/mol. The Balaban J connectivity index is 2.70. The van der Waals surface area contributed by atoms with Crippen molar-refractivity contribution in [2.45, 2.75) is 5.54 Å². The van der Waals surface area contributed by atoms with Gasteiger partial charge in [-0.15, -0.1) is 0 Å². The van der Waals surface area contributed by atoms with Gasteiger partial charge in [0.25, 0.3) is 0 Å². The van der Waals surface area contributed by atoms with Crippen LogP contribution >= 0.6 is 0 Å². The van der Waals surface area contributed by atoms with Crippen LogP contribution in [0.1, 0.15) is 11.1 Å². The van der Waals surface area contributed by atoms with Gasteiger partial charge in [0.05, 0.1) is 6.07 Å². The minimum absolute atomic E-state index is 0.663. The molecule has 2 aromatic rings. The van der Waals surface area contributed by atoms with E-state index in [0.717, 1.165) is 0 Å². The van der Waals surface area contributed by atoms with Crippen molar-refractivity contribution < 1.29 is 0 Å². The van der Waals surface area contributed by atoms with Crippen molar-refractivity contribution in [3.8, 4) is 6.07 Å². The van der Waals surface area contributed by atoms with E-state index in [1.54, 1.807) is 24.3 Å². The molecule has 0 bridgehead atoms. The van der Waals surface area contributed by atoms with Crippen LogP contribution < -0.4 is 0 Å². The molecule has 86 valence electrons. The van der Waals surface area contributed by atoms with E-state index in [4.69, 9.17) is 5.53 Å². The van der Waals surface area contributed by atoms with Crippen molar-refractivity contribution >= 4 is 0 Å². The molecule has 0 fully saturated rings. The zero-order valence-corrected chi connectivity index (χ0v) is 9.56. The number of benzene rings is 2. The van der Waals surface area contributed by atoms with Gasteiger partial charge in [0.15, 0.2) is 5.54 Å². The van der Waals surface area contributed by atoms with Gasteiger partial charge in [0, 0.05) is 4.91 Å². The molecule has 4 heteroatoms. The maximum Gasteiger partial charge on any atom is 0.185 e. The molecule has 0 aromatic heterocycles. The summed E-state index contributed by atoms with van der Waals surface area (Å²) in [5, 5.41) is 13.2. The predicted molar refractivity (Wildman–Crippen MR) is 68.4 cm³/mol. The van der Waals surface area contributed by atoms with Crippen LogP contribution in [0.15, 0.2) is 65.8 Å². The highest BCUT2D eigenvalue weighted by atomic mass is 15.2. The van der Waals surface area contributed by atoms with Crippen LogP contribution in [0.4, 0.5) is 0 Å². The Morgan fingerprint density at radius 1 is 0.944 bits per heavy atom. The molecule has 0 saturated heterocycles. The molecule has 0 amide bonds. The van der Waals surface area contributed by atoms with E-state index >= 15 is 0 Å². The molecule has 18 heavy (non-hydrogen) atoms. The Hall–Kier alpha value is -2.76. The fourth-order valence-electron chi connectivity index (χ4n) is 1.86. The molecule has 0 aliphatic rings. The number of rotatable bonds is 3. The van der Waals surface area contributed by atoms with Gasteiger partial charge in [-0.25, -0.2) is 0 Å². The molecule has 0 spiro atoms. The molecule has 0 heterocycles. The summed E-state index contributed by atoms with van der Waals surface area (Å²) >= 11 is 0. The van der Waals surface area contributed by atoms with Crippen molar-refractivity contribution in [3.05, 3.63) is 82.2 Å². The Bertz CT molecular complexity index is 568. The fraction of sp³-hybridized carbons (Fsp3) is 0.0714. The van der Waals surface area contributed by atoms with Gasteiger partial charge in [0.1, 0.15) is 0 Å². The van der Waals surface area contributed by atoms with E-state index in [0.29, 0.717) is 11.1 Å². The van der Waals surface area contributed by atoms with Crippen molar-refractivity contribution in [1.29, 1.82) is 5.26 Å². The number of nitrogens with zero attached hydrogens (tertiary/aromatic N) is 4. The number of azide groups is 1. The molecule has 0 unspecified atom stereocenters. The highest BCUT2D eigenvalue weighted by Crippen LogP contribution is 2.33. The summed E-state index contributed by atoms with van der Waals surface area (Å²) in [6, 6.07) is 20.2. The third-order valence-electron chi connectivity index (χ3n) is 2.74. The minimum Gasteiger partial charge on any atom is -0.197 e. The summed E-state index contributed by atoms with van der Waals surface area (Å²) in [4.78, 5) is 2.83. The molecule has 0 N–H and O–H groups in total. The van der Waals surface area contributed by atoms with Crippen LogP contribution in [0.3, 0.4) is 0 Å². The molecule has 2 aromatic carbocycles. The van der Waals surface area contributed by atoms with E-state index in [1.165, 1.54) is 0 Å². The Kier molecular flexibility index (Phi) is 3.29. The lowest BCUT2D eigenvalue weighted by Gasteiger charge is -2.21. The first-order valence-corrected chi connectivity index (χ1v) is 5.42. The lowest BCUT2D eigenvalue weighted by Crippen LogP contribution is -2.22. The molecular formula is C14H10N4. The predicted octanol–water partition coefficient (Wildman–Crippen LogP) is 3.76. The maximum atomic E-state index is 9.50. The molecule has 0 aliphatic heterocycles. The molecule has 4 nitrogen and oxygen atoms in total. The zero-order chi connectivity index (χ0) is 12.8. The summed E-state index contributed by atoms with van der Waals surface area (Å²) in [6.45, 7) is 0. The van der Waals surface area contributed by atoms with E-state index in [9.17, 15) is 5.26 Å². The number of nitriles is 1. The largest absolute Gasteiger partial charge is 0.197 e. The normalized spacial score (nSPS) is 10.2. The Labute approximate surface area is 105 Å². The van der Waals surface area contributed by atoms with E-state index < -0.39 is 5.54 Å². The topological polar surface area (TPSA) is 72.5 Å². The Morgan fingerprint density at radius 2 is 1.39 bits per heavy atom. The Morgan fingerprint density at radius 3 is 1.72 bits per heavy atom. The highest BCUT2D eigenvalue weighted by molar-refractivity contribution is 5.44. The third kappa shape index (κ3) is 1.91. The molecule has 0 atom stereocenters. The monoisotopic (exact) mass is 234 g/mol. The maximum absolute atomic E-state index is 9.50. The molecule has 0 aliphatic carbocycles. The summed E-state index contributed by atoms with van der Waals surface area (Å²) in [5.41, 5.74) is 8.78. The fourth-order valence-corrected chi connectivity index (χ4v) is 1.86. The summed E-state index contributed by atoms with van der Waals surface area (Å²) in [7, 11) is 0. The summed E-state index contributed by atoms with van der Waals surface area (Å²) in [6.07, 6.45) is 0. The van der Waals surface area contributed by atoms with Gasteiger partial charge in [-0.3, -0.25) is 0 Å². The van der Waals surface area contributed by atoms with Gasteiger partial charge < -0.3 is 0 Å². The molecule has 0 saturated carbocycles. The van der Waals surface area contributed by atoms with Gasteiger partial charge in [0.2, 0.25) is 0 Å². The number of hydrogen-bond donors (Lipinski definition) is 0. The van der Waals surface area contributed by atoms with Crippen LogP contribution in [-0.2, 0) is 5.54 Å². The van der Waals surface area contributed by atoms with Crippen LogP contribution in [0, 0.1) is 11.3 Å². The second-order valence-corrected chi connectivity index (χ2v) is 3.74. The first kappa shape index (κ1) is 11.7. The average Bonchev–Trinajstić information content (AvgIpc) is 2.47. The van der Waals surface area contributed by atoms with Gasteiger partial charge in [-0.2, -0.15) is 5.26 Å².